The van der Waals surface area contributed by atoms with Gasteiger partial charge in [-0.25, -0.2) is 21.9 Å². The molecule has 1 aromatic rings. The molecule has 0 aliphatic carbocycles. The Bertz CT molecular complexity index is 610. The lowest BCUT2D eigenvalue weighted by molar-refractivity contribution is -0.384. The number of nitrogens with one attached hydrogen (secondary N) is 1. The Balaban J connectivity index is 2.99. The van der Waals surface area contributed by atoms with Gasteiger partial charge in [-0.05, 0) is 12.1 Å². The Morgan fingerprint density at radius 3 is 2.55 bits per heavy atom. The van der Waals surface area contributed by atoms with Gasteiger partial charge in [-0.15, -0.1) is 0 Å². The molecule has 0 aliphatic rings. The van der Waals surface area contributed by atoms with Crippen LogP contribution in [0.4, 0.5) is 14.5 Å². The minimum Gasteiger partial charge on any atom is -0.386 e. The average molecular weight is 331 g/mol. The predicted octanol–water partition coefficient (Wildman–Crippen LogP) is 1.15. The first-order valence-electron chi connectivity index (χ1n) is 5.05. The molecule has 0 saturated heterocycles. The molecule has 1 unspecified atom stereocenters. The fourth-order valence-corrected chi connectivity index (χ4v) is 2.42. The maximum Gasteiger partial charge on any atom is 0.289 e. The molecular formula is C9H9ClF2N2O5S. The van der Waals surface area contributed by atoms with Crippen LogP contribution < -0.4 is 4.72 Å². The van der Waals surface area contributed by atoms with Gasteiger partial charge in [-0.1, -0.05) is 11.6 Å². The van der Waals surface area contributed by atoms with Gasteiger partial charge in [0, 0.05) is 12.6 Å². The lowest BCUT2D eigenvalue weighted by Crippen LogP contribution is -2.35. The van der Waals surface area contributed by atoms with Crippen molar-refractivity contribution in [1.82, 2.24) is 4.72 Å². The lowest BCUT2D eigenvalue weighted by Gasteiger charge is -2.11. The fraction of sp³-hybridized carbons (Fsp3) is 0.333. The minimum atomic E-state index is -4.27. The zero-order valence-electron chi connectivity index (χ0n) is 9.66. The molecular weight excluding hydrogens is 322 g/mol. The van der Waals surface area contributed by atoms with Crippen LogP contribution in [0.25, 0.3) is 0 Å². The number of benzene rings is 1. The Morgan fingerprint density at radius 2 is 2.05 bits per heavy atom. The number of sulfonamides is 1. The maximum atomic E-state index is 12.0. The summed E-state index contributed by atoms with van der Waals surface area (Å²) in [6.07, 6.45) is -5.29. The van der Waals surface area contributed by atoms with Crippen molar-refractivity contribution >= 4 is 27.3 Å². The van der Waals surface area contributed by atoms with Crippen molar-refractivity contribution in [2.24, 2.45) is 0 Å². The number of aliphatic hydroxyl groups is 1. The van der Waals surface area contributed by atoms with E-state index in [0.717, 1.165) is 12.1 Å². The first kappa shape index (κ1) is 16.7. The molecule has 0 radical (unpaired) electrons. The normalized spacial score (nSPS) is 13.4. The highest BCUT2D eigenvalue weighted by molar-refractivity contribution is 7.89. The van der Waals surface area contributed by atoms with E-state index < -0.39 is 44.6 Å². The van der Waals surface area contributed by atoms with Crippen molar-refractivity contribution in [3.63, 3.8) is 0 Å². The lowest BCUT2D eigenvalue weighted by atomic mass is 10.3. The number of hydrogen-bond donors (Lipinski definition) is 2. The van der Waals surface area contributed by atoms with E-state index in [1.807, 2.05) is 0 Å². The predicted molar refractivity (Wildman–Crippen MR) is 65.3 cm³/mol. The van der Waals surface area contributed by atoms with Gasteiger partial charge in [0.25, 0.3) is 12.1 Å². The SMILES string of the molecule is O=[N+]([O-])c1cc(S(=O)(=O)NCC(O)C(F)F)ccc1Cl. The Kier molecular flexibility index (Phi) is 5.34. The fourth-order valence-electron chi connectivity index (χ4n) is 1.17. The highest BCUT2D eigenvalue weighted by atomic mass is 35.5. The summed E-state index contributed by atoms with van der Waals surface area (Å²) in [5, 5.41) is 19.2. The summed E-state index contributed by atoms with van der Waals surface area (Å²) >= 11 is 5.51. The van der Waals surface area contributed by atoms with Crippen LogP contribution in [0, 0.1) is 10.1 Å². The summed E-state index contributed by atoms with van der Waals surface area (Å²) in [4.78, 5) is 9.22. The minimum absolute atomic E-state index is 0.262. The molecule has 0 bridgehead atoms. The molecule has 2 N–H and O–H groups in total. The van der Waals surface area contributed by atoms with Crippen molar-refractivity contribution in [1.29, 1.82) is 0 Å². The van der Waals surface area contributed by atoms with Gasteiger partial charge in [0.1, 0.15) is 11.1 Å². The van der Waals surface area contributed by atoms with Crippen molar-refractivity contribution in [2.75, 3.05) is 6.54 Å². The maximum absolute atomic E-state index is 12.0. The Labute approximate surface area is 117 Å². The molecule has 0 heterocycles. The second-order valence-electron chi connectivity index (χ2n) is 3.62. The molecule has 0 amide bonds. The van der Waals surface area contributed by atoms with Gasteiger partial charge in [0.05, 0.1) is 9.82 Å². The summed E-state index contributed by atoms with van der Waals surface area (Å²) in [6, 6.07) is 2.67. The highest BCUT2D eigenvalue weighted by Gasteiger charge is 2.23. The van der Waals surface area contributed by atoms with E-state index in [9.17, 15) is 27.3 Å². The van der Waals surface area contributed by atoms with Crippen molar-refractivity contribution in [2.45, 2.75) is 17.4 Å². The standard InChI is InChI=1S/C9H9ClF2N2O5S/c10-6-2-1-5(3-7(6)14(16)17)20(18,19)13-4-8(15)9(11)12/h1-3,8-9,13,15H,4H2. The molecule has 1 atom stereocenters. The molecule has 0 saturated carbocycles. The van der Waals surface area contributed by atoms with Crippen LogP contribution in [0.5, 0.6) is 0 Å². The number of halogens is 3. The van der Waals surface area contributed by atoms with Crippen molar-refractivity contribution in [3.8, 4) is 0 Å². The molecule has 1 aromatic carbocycles. The van der Waals surface area contributed by atoms with E-state index in [2.05, 4.69) is 0 Å². The molecule has 11 heteroatoms. The van der Waals surface area contributed by atoms with Crippen LogP contribution in [0.3, 0.4) is 0 Å². The van der Waals surface area contributed by atoms with Gasteiger partial charge in [-0.2, -0.15) is 0 Å². The van der Waals surface area contributed by atoms with Crippen LogP contribution >= 0.6 is 11.6 Å². The summed E-state index contributed by atoms with van der Waals surface area (Å²) in [5.74, 6) is 0. The highest BCUT2D eigenvalue weighted by Crippen LogP contribution is 2.26. The van der Waals surface area contributed by atoms with E-state index in [4.69, 9.17) is 16.7 Å². The third kappa shape index (κ3) is 4.07. The molecule has 20 heavy (non-hydrogen) atoms. The number of aliphatic hydroxyl groups excluding tert-OH is 1. The number of nitrogens with zero attached hydrogens (tertiary/aromatic N) is 1. The number of nitro groups is 1. The largest absolute Gasteiger partial charge is 0.386 e. The zero-order chi connectivity index (χ0) is 15.5. The smallest absolute Gasteiger partial charge is 0.289 e. The molecule has 0 fully saturated rings. The second-order valence-corrected chi connectivity index (χ2v) is 5.80. The number of alkyl halides is 2. The van der Waals surface area contributed by atoms with E-state index >= 15 is 0 Å². The average Bonchev–Trinajstić information content (AvgIpc) is 2.35. The monoisotopic (exact) mass is 330 g/mol. The first-order valence-corrected chi connectivity index (χ1v) is 6.91. The summed E-state index contributed by atoms with van der Waals surface area (Å²) in [6.45, 7) is -0.920. The quantitative estimate of drug-likeness (QED) is 0.600. The third-order valence-corrected chi connectivity index (χ3v) is 3.94. The summed E-state index contributed by atoms with van der Waals surface area (Å²) < 4.78 is 49.2. The zero-order valence-corrected chi connectivity index (χ0v) is 11.2. The van der Waals surface area contributed by atoms with Gasteiger partial charge < -0.3 is 5.11 Å². The van der Waals surface area contributed by atoms with Crippen LogP contribution in [-0.2, 0) is 10.0 Å². The molecule has 1 rings (SSSR count). The number of rotatable bonds is 6. The second kappa shape index (κ2) is 6.39. The number of nitro benzene ring substituents is 1. The molecule has 0 spiro atoms. The summed E-state index contributed by atoms with van der Waals surface area (Å²) in [7, 11) is -4.27. The van der Waals surface area contributed by atoms with Crippen molar-refractivity contribution in [3.05, 3.63) is 33.3 Å². The topological polar surface area (TPSA) is 110 Å². The van der Waals surface area contributed by atoms with Crippen LogP contribution in [0.1, 0.15) is 0 Å². The van der Waals surface area contributed by atoms with E-state index in [-0.39, 0.29) is 5.02 Å². The van der Waals surface area contributed by atoms with Gasteiger partial charge in [0.2, 0.25) is 10.0 Å². The molecule has 0 aromatic heterocycles. The van der Waals surface area contributed by atoms with Gasteiger partial charge in [0.15, 0.2) is 0 Å². The molecule has 0 aliphatic heterocycles. The Hall–Kier alpha value is -1.36. The summed E-state index contributed by atoms with van der Waals surface area (Å²) in [5.41, 5.74) is -0.635. The van der Waals surface area contributed by atoms with Gasteiger partial charge in [-0.3, -0.25) is 10.1 Å². The van der Waals surface area contributed by atoms with Crippen molar-refractivity contribution < 1.29 is 27.2 Å². The Morgan fingerprint density at radius 1 is 1.45 bits per heavy atom. The third-order valence-electron chi connectivity index (χ3n) is 2.20. The first-order chi connectivity index (χ1) is 9.15. The van der Waals surface area contributed by atoms with Crippen LogP contribution in [-0.4, -0.2) is 37.5 Å². The van der Waals surface area contributed by atoms with Crippen LogP contribution in [0.15, 0.2) is 23.1 Å². The van der Waals surface area contributed by atoms with E-state index in [0.29, 0.717) is 6.07 Å². The number of hydrogen-bond acceptors (Lipinski definition) is 5. The van der Waals surface area contributed by atoms with Gasteiger partial charge >= 0.3 is 0 Å². The van der Waals surface area contributed by atoms with E-state index in [1.165, 1.54) is 0 Å². The molecule has 112 valence electrons. The van der Waals surface area contributed by atoms with Crippen LogP contribution in [0.2, 0.25) is 5.02 Å². The van der Waals surface area contributed by atoms with E-state index in [1.54, 1.807) is 4.72 Å². The molecule has 7 nitrogen and oxygen atoms in total.